The summed E-state index contributed by atoms with van der Waals surface area (Å²) in [4.78, 5) is 29.2. The van der Waals surface area contributed by atoms with E-state index in [9.17, 15) is 14.7 Å². The van der Waals surface area contributed by atoms with Crippen molar-refractivity contribution >= 4 is 33.5 Å². The highest BCUT2D eigenvalue weighted by atomic mass is 16.4. The number of benzene rings is 2. The van der Waals surface area contributed by atoms with Crippen LogP contribution < -0.4 is 16.3 Å². The number of fused-ring (bicyclic) bond motifs is 3. The summed E-state index contributed by atoms with van der Waals surface area (Å²) in [6, 6.07) is 14.3. The van der Waals surface area contributed by atoms with Crippen LogP contribution in [-0.2, 0) is 24.1 Å². The number of para-hydroxylation sites is 1. The molecule has 0 aliphatic heterocycles. The fraction of sp³-hybridized carbons (Fsp3) is 0.367. The monoisotopic (exact) mass is 499 g/mol. The van der Waals surface area contributed by atoms with E-state index in [1.54, 1.807) is 6.07 Å². The molecule has 0 atom stereocenters. The maximum Gasteiger partial charge on any atom is 0.336 e. The molecule has 0 saturated carbocycles. The van der Waals surface area contributed by atoms with Crippen LogP contribution in [0.2, 0.25) is 0 Å². The second-order valence-electron chi connectivity index (χ2n) is 9.78. The van der Waals surface area contributed by atoms with Crippen LogP contribution in [-0.4, -0.2) is 29.1 Å². The molecule has 1 aliphatic rings. The number of carbonyl (C=O) groups is 1. The topological polar surface area (TPSA) is 104 Å². The number of aromatic hydroxyl groups is 1. The summed E-state index contributed by atoms with van der Waals surface area (Å²) in [7, 11) is 0. The van der Waals surface area contributed by atoms with E-state index in [2.05, 4.69) is 34.9 Å². The number of phenolic OH excluding ortho intramolecular Hbond substituents is 1. The predicted octanol–water partition coefficient (Wildman–Crippen LogP) is 5.26. The Kier molecular flexibility index (Phi) is 7.68. The zero-order valence-corrected chi connectivity index (χ0v) is 21.0. The molecule has 0 bridgehead atoms. The molecule has 7 nitrogen and oxygen atoms in total. The van der Waals surface area contributed by atoms with E-state index < -0.39 is 5.63 Å². The van der Waals surface area contributed by atoms with Crippen molar-refractivity contribution in [2.24, 2.45) is 0 Å². The van der Waals surface area contributed by atoms with Gasteiger partial charge in [0.1, 0.15) is 11.3 Å². The van der Waals surface area contributed by atoms with E-state index in [1.165, 1.54) is 53.4 Å². The van der Waals surface area contributed by atoms with E-state index in [4.69, 9.17) is 9.40 Å². The fourth-order valence-electron chi connectivity index (χ4n) is 5.22. The largest absolute Gasteiger partial charge is 0.508 e. The number of anilines is 1. The van der Waals surface area contributed by atoms with E-state index >= 15 is 0 Å². The van der Waals surface area contributed by atoms with Crippen LogP contribution in [0.3, 0.4) is 0 Å². The van der Waals surface area contributed by atoms with E-state index in [-0.39, 0.29) is 23.7 Å². The first-order valence-electron chi connectivity index (χ1n) is 13.3. The minimum absolute atomic E-state index is 0.0148. The van der Waals surface area contributed by atoms with Crippen LogP contribution in [0.15, 0.2) is 57.7 Å². The SMILES string of the molecule is O=C(Cc1cc(=O)oc2cc(O)ccc12)NCCCCCCNc1c2c(nc3ccccc13)CCCC2. The molecule has 3 N–H and O–H groups in total. The summed E-state index contributed by atoms with van der Waals surface area (Å²) >= 11 is 0. The Balaban J connectivity index is 1.06. The second-order valence-corrected chi connectivity index (χ2v) is 9.78. The first kappa shape index (κ1) is 24.8. The Hall–Kier alpha value is -3.87. The number of pyridine rings is 1. The van der Waals surface area contributed by atoms with E-state index in [1.807, 2.05) is 0 Å². The van der Waals surface area contributed by atoms with Crippen LogP contribution >= 0.6 is 0 Å². The molecule has 2 aromatic heterocycles. The molecule has 1 amide bonds. The van der Waals surface area contributed by atoms with Gasteiger partial charge < -0.3 is 20.2 Å². The summed E-state index contributed by atoms with van der Waals surface area (Å²) in [5.41, 5.74) is 5.34. The number of amides is 1. The standard InChI is InChI=1S/C30H33N3O4/c34-21-13-14-22-20(18-29(36)37-27(22)19-21)17-28(35)31-15-7-1-2-8-16-32-30-23-9-3-5-11-25(23)33-26-12-6-4-10-24(26)30/h3,5,9,11,13-14,18-19,34H,1-2,4,6-8,10,12,15-17H2,(H,31,35)(H,32,33). The molecule has 192 valence electrons. The smallest absolute Gasteiger partial charge is 0.336 e. The highest BCUT2D eigenvalue weighted by molar-refractivity contribution is 5.93. The summed E-state index contributed by atoms with van der Waals surface area (Å²) < 4.78 is 5.13. The lowest BCUT2D eigenvalue weighted by atomic mass is 9.92. The molecule has 4 aromatic rings. The zero-order valence-electron chi connectivity index (χ0n) is 21.0. The number of aryl methyl sites for hydroxylation is 1. The predicted molar refractivity (Wildman–Crippen MR) is 146 cm³/mol. The van der Waals surface area contributed by atoms with Crippen LogP contribution in [0.5, 0.6) is 5.75 Å². The quantitative estimate of drug-likeness (QED) is 0.203. The van der Waals surface area contributed by atoms with Crippen molar-refractivity contribution in [1.82, 2.24) is 10.3 Å². The Morgan fingerprint density at radius 3 is 2.65 bits per heavy atom. The Morgan fingerprint density at radius 1 is 0.946 bits per heavy atom. The van der Waals surface area contributed by atoms with Gasteiger partial charge in [-0.2, -0.15) is 0 Å². The molecule has 2 aromatic carbocycles. The Bertz CT molecular complexity index is 1480. The first-order valence-corrected chi connectivity index (χ1v) is 13.3. The number of phenols is 1. The lowest BCUT2D eigenvalue weighted by Gasteiger charge is -2.21. The van der Waals surface area contributed by atoms with Gasteiger partial charge in [0, 0.05) is 47.4 Å². The van der Waals surface area contributed by atoms with Crippen molar-refractivity contribution < 1.29 is 14.3 Å². The van der Waals surface area contributed by atoms with Gasteiger partial charge in [-0.25, -0.2) is 4.79 Å². The van der Waals surface area contributed by atoms with Crippen molar-refractivity contribution in [3.05, 3.63) is 75.8 Å². The molecule has 1 aliphatic carbocycles. The normalized spacial score (nSPS) is 13.0. The summed E-state index contributed by atoms with van der Waals surface area (Å²) in [6.07, 6.45) is 8.81. The van der Waals surface area contributed by atoms with Gasteiger partial charge in [0.15, 0.2) is 0 Å². The average molecular weight is 500 g/mol. The van der Waals surface area contributed by atoms with Crippen LogP contribution in [0.1, 0.15) is 55.3 Å². The van der Waals surface area contributed by atoms with Gasteiger partial charge in [-0.15, -0.1) is 0 Å². The lowest BCUT2D eigenvalue weighted by Crippen LogP contribution is -2.26. The minimum Gasteiger partial charge on any atom is -0.508 e. The van der Waals surface area contributed by atoms with Gasteiger partial charge in [0.05, 0.1) is 11.9 Å². The Labute approximate surface area is 215 Å². The molecule has 0 fully saturated rings. The van der Waals surface area contributed by atoms with Crippen molar-refractivity contribution in [3.8, 4) is 5.75 Å². The van der Waals surface area contributed by atoms with Crippen molar-refractivity contribution in [3.63, 3.8) is 0 Å². The molecule has 37 heavy (non-hydrogen) atoms. The van der Waals surface area contributed by atoms with Crippen LogP contribution in [0.4, 0.5) is 5.69 Å². The summed E-state index contributed by atoms with van der Waals surface area (Å²) in [6.45, 7) is 1.53. The zero-order chi connectivity index (χ0) is 25.6. The maximum absolute atomic E-state index is 12.4. The third kappa shape index (κ3) is 5.93. The molecule has 5 rings (SSSR count). The van der Waals surface area contributed by atoms with Gasteiger partial charge in [-0.3, -0.25) is 9.78 Å². The van der Waals surface area contributed by atoms with Gasteiger partial charge in [-0.1, -0.05) is 31.0 Å². The lowest BCUT2D eigenvalue weighted by molar-refractivity contribution is -0.120. The average Bonchev–Trinajstić information content (AvgIpc) is 2.89. The highest BCUT2D eigenvalue weighted by Gasteiger charge is 2.17. The highest BCUT2D eigenvalue weighted by Crippen LogP contribution is 2.33. The number of hydrogen-bond acceptors (Lipinski definition) is 6. The van der Waals surface area contributed by atoms with Crippen LogP contribution in [0.25, 0.3) is 21.9 Å². The third-order valence-electron chi connectivity index (χ3n) is 7.06. The Morgan fingerprint density at radius 2 is 1.76 bits per heavy atom. The number of hydrogen-bond donors (Lipinski definition) is 3. The number of aromatic nitrogens is 1. The fourth-order valence-corrected chi connectivity index (χ4v) is 5.22. The number of nitrogens with one attached hydrogen (secondary N) is 2. The molecule has 0 saturated heterocycles. The molecule has 0 spiro atoms. The number of nitrogens with zero attached hydrogens (tertiary/aromatic N) is 1. The summed E-state index contributed by atoms with van der Waals surface area (Å²) in [5.74, 6) is -0.114. The van der Waals surface area contributed by atoms with E-state index in [0.717, 1.165) is 50.6 Å². The first-order chi connectivity index (χ1) is 18.1. The van der Waals surface area contributed by atoms with Crippen molar-refractivity contribution in [2.45, 2.75) is 57.8 Å². The molecular weight excluding hydrogens is 466 g/mol. The number of rotatable bonds is 10. The summed E-state index contributed by atoms with van der Waals surface area (Å²) in [5, 5.41) is 18.2. The van der Waals surface area contributed by atoms with Gasteiger partial charge in [0.2, 0.25) is 5.91 Å². The van der Waals surface area contributed by atoms with Crippen molar-refractivity contribution in [2.75, 3.05) is 18.4 Å². The number of carbonyl (C=O) groups excluding carboxylic acids is 1. The molecule has 7 heteroatoms. The molecular formula is C30H33N3O4. The molecule has 2 heterocycles. The van der Waals surface area contributed by atoms with Crippen LogP contribution in [0, 0.1) is 0 Å². The molecule has 0 unspecified atom stereocenters. The van der Waals surface area contributed by atoms with Gasteiger partial charge in [-0.05, 0) is 67.9 Å². The van der Waals surface area contributed by atoms with Gasteiger partial charge in [0.25, 0.3) is 0 Å². The molecule has 0 radical (unpaired) electrons. The van der Waals surface area contributed by atoms with E-state index in [0.29, 0.717) is 17.5 Å². The van der Waals surface area contributed by atoms with Crippen molar-refractivity contribution in [1.29, 1.82) is 0 Å². The third-order valence-corrected chi connectivity index (χ3v) is 7.06. The van der Waals surface area contributed by atoms with Gasteiger partial charge >= 0.3 is 5.63 Å². The number of unbranched alkanes of at least 4 members (excludes halogenated alkanes) is 3. The minimum atomic E-state index is -0.533. The maximum atomic E-state index is 12.4. The second kappa shape index (κ2) is 11.5.